The van der Waals surface area contributed by atoms with Gasteiger partial charge in [0.1, 0.15) is 5.75 Å². The minimum atomic E-state index is 0.853. The first-order valence-corrected chi connectivity index (χ1v) is 6.49. The topological polar surface area (TPSA) is 9.23 Å². The average Bonchev–Trinajstić information content (AvgIpc) is 2.52. The van der Waals surface area contributed by atoms with Gasteiger partial charge in [0.05, 0.1) is 7.11 Å². The first kappa shape index (κ1) is 13.9. The Morgan fingerprint density at radius 3 is 2.35 bits per heavy atom. The van der Waals surface area contributed by atoms with E-state index in [0.29, 0.717) is 0 Å². The Kier molecular flexibility index (Phi) is 4.56. The Labute approximate surface area is 120 Å². The highest BCUT2D eigenvalue weighted by molar-refractivity contribution is 5.84. The summed E-state index contributed by atoms with van der Waals surface area (Å²) >= 11 is 0. The summed E-state index contributed by atoms with van der Waals surface area (Å²) in [7, 11) is 1.69. The molecule has 1 heteroatoms. The van der Waals surface area contributed by atoms with Crippen molar-refractivity contribution in [3.05, 3.63) is 85.5 Å². The number of rotatable bonds is 5. The predicted molar refractivity (Wildman–Crippen MR) is 86.8 cm³/mol. The molecule has 0 saturated carbocycles. The molecule has 2 aromatic rings. The van der Waals surface area contributed by atoms with E-state index in [4.69, 9.17) is 4.74 Å². The minimum absolute atomic E-state index is 0.853. The Morgan fingerprint density at radius 1 is 1.00 bits per heavy atom. The summed E-state index contributed by atoms with van der Waals surface area (Å²) in [5.74, 6) is 0.853. The molecule has 0 bridgehead atoms. The zero-order valence-corrected chi connectivity index (χ0v) is 11.7. The number of para-hydroxylation sites is 1. The molecular formula is C19H18O. The summed E-state index contributed by atoms with van der Waals surface area (Å²) in [6.07, 6.45) is 5.50. The van der Waals surface area contributed by atoms with Gasteiger partial charge >= 0.3 is 0 Å². The third kappa shape index (κ3) is 2.72. The summed E-state index contributed by atoms with van der Waals surface area (Å²) in [5, 5.41) is 0. The molecule has 0 unspecified atom stereocenters. The van der Waals surface area contributed by atoms with Crippen molar-refractivity contribution >= 4 is 5.57 Å². The van der Waals surface area contributed by atoms with Gasteiger partial charge in [-0.15, -0.1) is 0 Å². The summed E-state index contributed by atoms with van der Waals surface area (Å²) in [6.45, 7) is 7.61. The van der Waals surface area contributed by atoms with Gasteiger partial charge in [-0.2, -0.15) is 0 Å². The summed E-state index contributed by atoms with van der Waals surface area (Å²) < 4.78 is 5.64. The molecule has 0 spiro atoms. The van der Waals surface area contributed by atoms with Gasteiger partial charge in [-0.05, 0) is 11.1 Å². The Hall–Kier alpha value is -2.54. The van der Waals surface area contributed by atoms with Gasteiger partial charge in [-0.1, -0.05) is 79.9 Å². The van der Waals surface area contributed by atoms with Crippen molar-refractivity contribution in [3.8, 4) is 16.9 Å². The van der Waals surface area contributed by atoms with Gasteiger partial charge in [-0.3, -0.25) is 0 Å². The van der Waals surface area contributed by atoms with Crippen molar-refractivity contribution in [2.45, 2.75) is 0 Å². The number of hydrogen-bond acceptors (Lipinski definition) is 1. The van der Waals surface area contributed by atoms with E-state index < -0.39 is 0 Å². The van der Waals surface area contributed by atoms with Crippen molar-refractivity contribution in [3.63, 3.8) is 0 Å². The quantitative estimate of drug-likeness (QED) is 0.680. The lowest BCUT2D eigenvalue weighted by atomic mass is 9.97. The summed E-state index contributed by atoms with van der Waals surface area (Å²) in [5.41, 5.74) is 4.22. The normalized spacial score (nSPS) is 10.9. The van der Waals surface area contributed by atoms with E-state index in [0.717, 1.165) is 28.0 Å². The maximum Gasteiger partial charge on any atom is 0.134 e. The van der Waals surface area contributed by atoms with E-state index in [9.17, 15) is 0 Å². The highest BCUT2D eigenvalue weighted by Crippen LogP contribution is 2.36. The zero-order chi connectivity index (χ0) is 14.4. The molecule has 0 heterocycles. The molecule has 0 atom stereocenters. The lowest BCUT2D eigenvalue weighted by Gasteiger charge is -2.14. The van der Waals surface area contributed by atoms with Gasteiger partial charge < -0.3 is 4.74 Å². The van der Waals surface area contributed by atoms with Gasteiger partial charge in [0, 0.05) is 11.1 Å². The fraction of sp³-hybridized carbons (Fsp3) is 0.0526. The van der Waals surface area contributed by atoms with Crippen LogP contribution in [0.4, 0.5) is 0 Å². The monoisotopic (exact) mass is 262 g/mol. The largest absolute Gasteiger partial charge is 0.495 e. The molecule has 1 nitrogen and oxygen atoms in total. The average molecular weight is 262 g/mol. The van der Waals surface area contributed by atoms with Crippen LogP contribution in [0.1, 0.15) is 5.56 Å². The van der Waals surface area contributed by atoms with Gasteiger partial charge in [-0.25, -0.2) is 0 Å². The lowest BCUT2D eigenvalue weighted by molar-refractivity contribution is 0.415. The molecule has 100 valence electrons. The fourth-order valence-electron chi connectivity index (χ4n) is 2.22. The van der Waals surface area contributed by atoms with Gasteiger partial charge in [0.15, 0.2) is 0 Å². The molecule has 0 aliphatic carbocycles. The Morgan fingerprint density at radius 2 is 1.75 bits per heavy atom. The van der Waals surface area contributed by atoms with Crippen LogP contribution in [0.25, 0.3) is 16.7 Å². The molecule has 20 heavy (non-hydrogen) atoms. The van der Waals surface area contributed by atoms with Crippen LogP contribution < -0.4 is 4.74 Å². The highest BCUT2D eigenvalue weighted by atomic mass is 16.5. The van der Waals surface area contributed by atoms with Gasteiger partial charge in [0.25, 0.3) is 0 Å². The van der Waals surface area contributed by atoms with Crippen LogP contribution in [0.15, 0.2) is 79.9 Å². The van der Waals surface area contributed by atoms with Crippen LogP contribution in [0.2, 0.25) is 0 Å². The first-order chi connectivity index (χ1) is 9.81. The molecule has 0 radical (unpaired) electrons. The molecule has 0 aliphatic heterocycles. The van der Waals surface area contributed by atoms with Crippen LogP contribution in [-0.2, 0) is 0 Å². The molecular weight excluding hydrogens is 244 g/mol. The number of allylic oxidation sites excluding steroid dienone is 4. The Balaban J connectivity index is 2.65. The molecule has 0 amide bonds. The SMILES string of the molecule is C=C/C=C(\C=C)c1cccc(-c2ccccc2)c1OC. The number of hydrogen-bond donors (Lipinski definition) is 0. The molecule has 0 fully saturated rings. The van der Waals surface area contributed by atoms with E-state index in [1.165, 1.54) is 0 Å². The smallest absolute Gasteiger partial charge is 0.134 e. The number of ether oxygens (including phenoxy) is 1. The van der Waals surface area contributed by atoms with E-state index in [1.807, 2.05) is 42.5 Å². The number of methoxy groups -OCH3 is 1. The minimum Gasteiger partial charge on any atom is -0.495 e. The second-order valence-corrected chi connectivity index (χ2v) is 4.31. The first-order valence-electron chi connectivity index (χ1n) is 6.49. The maximum absolute atomic E-state index is 5.64. The van der Waals surface area contributed by atoms with Crippen LogP contribution in [0.5, 0.6) is 5.75 Å². The van der Waals surface area contributed by atoms with Crippen molar-refractivity contribution in [2.24, 2.45) is 0 Å². The van der Waals surface area contributed by atoms with E-state index >= 15 is 0 Å². The molecule has 0 saturated heterocycles. The number of benzene rings is 2. The molecule has 0 N–H and O–H groups in total. The third-order valence-corrected chi connectivity index (χ3v) is 3.13. The van der Waals surface area contributed by atoms with Crippen LogP contribution in [0, 0.1) is 0 Å². The Bertz CT molecular complexity index is 636. The molecule has 0 aromatic heterocycles. The van der Waals surface area contributed by atoms with Crippen molar-refractivity contribution in [1.82, 2.24) is 0 Å². The van der Waals surface area contributed by atoms with Crippen molar-refractivity contribution in [1.29, 1.82) is 0 Å². The maximum atomic E-state index is 5.64. The van der Waals surface area contributed by atoms with Crippen LogP contribution in [0.3, 0.4) is 0 Å². The summed E-state index contributed by atoms with van der Waals surface area (Å²) in [6, 6.07) is 16.3. The third-order valence-electron chi connectivity index (χ3n) is 3.13. The molecule has 0 aliphatic rings. The van der Waals surface area contributed by atoms with Crippen LogP contribution in [-0.4, -0.2) is 7.11 Å². The van der Waals surface area contributed by atoms with Gasteiger partial charge in [0.2, 0.25) is 0 Å². The summed E-state index contributed by atoms with van der Waals surface area (Å²) in [4.78, 5) is 0. The molecule has 2 rings (SSSR count). The predicted octanol–water partition coefficient (Wildman–Crippen LogP) is 5.12. The standard InChI is InChI=1S/C19H18O/c1-4-10-15(5-2)17-13-9-14-18(19(17)20-3)16-11-7-6-8-12-16/h4-14H,1-2H2,3H3/b15-10+. The van der Waals surface area contributed by atoms with E-state index in [1.54, 1.807) is 13.2 Å². The van der Waals surface area contributed by atoms with E-state index in [-0.39, 0.29) is 0 Å². The zero-order valence-electron chi connectivity index (χ0n) is 11.7. The second-order valence-electron chi connectivity index (χ2n) is 4.31. The van der Waals surface area contributed by atoms with Crippen LogP contribution >= 0.6 is 0 Å². The second kappa shape index (κ2) is 6.58. The van der Waals surface area contributed by atoms with E-state index in [2.05, 4.69) is 31.4 Å². The highest BCUT2D eigenvalue weighted by Gasteiger charge is 2.11. The van der Waals surface area contributed by atoms with Crippen molar-refractivity contribution in [2.75, 3.05) is 7.11 Å². The lowest BCUT2D eigenvalue weighted by Crippen LogP contribution is -1.93. The molecule has 2 aromatic carbocycles. The van der Waals surface area contributed by atoms with Crippen molar-refractivity contribution < 1.29 is 4.74 Å². The fourth-order valence-corrected chi connectivity index (χ4v) is 2.22.